The van der Waals surface area contributed by atoms with E-state index in [4.69, 9.17) is 52.1 Å². The second-order valence-corrected chi connectivity index (χ2v) is 17.5. The molecule has 0 unspecified atom stereocenters. The van der Waals surface area contributed by atoms with Crippen molar-refractivity contribution in [3.8, 4) is 0 Å². The minimum Gasteiger partial charge on any atom is -0.394 e. The zero-order valence-corrected chi connectivity index (χ0v) is 36.8. The van der Waals surface area contributed by atoms with E-state index in [0.717, 1.165) is 6.92 Å². The Hall–Kier alpha value is -1.69. The number of nitrogens with one attached hydrogen (secondary N) is 1. The Bertz CT molecular complexity index is 1610. The van der Waals surface area contributed by atoms with Crippen LogP contribution in [0.1, 0.15) is 13.8 Å². The predicted molar refractivity (Wildman–Crippen MR) is 209 cm³/mol. The molecule has 0 aromatic heterocycles. The van der Waals surface area contributed by atoms with Gasteiger partial charge in [-0.25, -0.2) is 0 Å². The molecule has 6 rings (SSSR count). The Labute approximate surface area is 390 Å². The Morgan fingerprint density at radius 3 is 1.33 bits per heavy atom. The van der Waals surface area contributed by atoms with Crippen LogP contribution in [-0.4, -0.2) is 315 Å². The normalized spacial score (nSPS) is 52.1. The molecule has 6 saturated heterocycles. The van der Waals surface area contributed by atoms with Crippen LogP contribution in [0, 0.1) is 0 Å². The van der Waals surface area contributed by atoms with Gasteiger partial charge in [-0.1, -0.05) is 0 Å². The monoisotopic (exact) mass is 1020 g/mol. The topological polar surface area (TPSA) is 495 Å². The van der Waals surface area contributed by atoms with Crippen LogP contribution in [-0.2, 0) is 56.9 Å². The van der Waals surface area contributed by atoms with Crippen LogP contribution in [0.3, 0.4) is 0 Å². The molecule has 6 heterocycles. The summed E-state index contributed by atoms with van der Waals surface area (Å²) in [7, 11) is 0. The van der Waals surface area contributed by atoms with E-state index < -0.39 is 223 Å². The van der Waals surface area contributed by atoms with E-state index in [1.54, 1.807) is 0 Å². The van der Waals surface area contributed by atoms with Crippen LogP contribution in [0.15, 0.2) is 0 Å². The maximum atomic E-state index is 12.9. The average Bonchev–Trinajstić information content (AvgIpc) is 3.32. The SMILES string of the molecule is CC(=O)N[C@H]1[C@H](O[C@H]2[C@@H](O)[C@@H](CO)O[C@@H](O[C@H]3[C@H](O)[C@@H](O)[C@H](O)O[C@@H]3CO)[C@@H]2O)O[C@H](CO)[C@@H](O)[C@@H]1O[C@@H]1O[C@H](CO)[C@H](O)[C@H](O[C@@H]2O[C@H](CO)[C@H](O)[C@H](O)[C@H]2O)[C@H]1O[C@@H]1O[C@@H](C)[C@@H](O)[C@@H](O)[C@@H]1O. The van der Waals surface area contributed by atoms with Gasteiger partial charge in [0.05, 0.1) is 39.1 Å². The summed E-state index contributed by atoms with van der Waals surface area (Å²) in [6, 6.07) is -1.85. The number of hydrogen-bond acceptors (Lipinski definition) is 30. The average molecular weight is 1020 g/mol. The third-order valence-corrected chi connectivity index (χ3v) is 12.8. The smallest absolute Gasteiger partial charge is 0.217 e. The van der Waals surface area contributed by atoms with Crippen molar-refractivity contribution in [3.63, 3.8) is 0 Å². The second kappa shape index (κ2) is 24.1. The van der Waals surface area contributed by atoms with E-state index in [2.05, 4.69) is 5.32 Å². The van der Waals surface area contributed by atoms with E-state index >= 15 is 0 Å². The summed E-state index contributed by atoms with van der Waals surface area (Å²) >= 11 is 0. The molecule has 0 saturated carbocycles. The molecule has 402 valence electrons. The van der Waals surface area contributed by atoms with E-state index in [1.165, 1.54) is 6.92 Å². The predicted octanol–water partition coefficient (Wildman–Crippen LogP) is -12.9. The Kier molecular flexibility index (Phi) is 19.8. The van der Waals surface area contributed by atoms with Crippen molar-refractivity contribution >= 4 is 5.91 Å². The molecule has 19 N–H and O–H groups in total. The van der Waals surface area contributed by atoms with Crippen molar-refractivity contribution < 1.29 is 149 Å². The standard InChI is InChI=1S/C38H65NO30/c1-8-16(46)21(51)25(55)35(59-8)69-32-31(68-36-26(56)22(52)17(47)10(3-40)62-36)20(50)13(6-43)64-38(32)66-29-15(39-9(2)45)34(61-11(4-41)18(29)48)67-30-19(49)12(5-42)63-37(27(30)57)65-28-14(7-44)60-33(58)24(54)23(28)53/h8,10-38,40-44,46-58H,3-7H2,1-2H3,(H,39,45)/t8-,10+,11+,12+,13+,14+,15+,16+,17-,18+,19-,20-,21+,22-,23+,24+,25-,26+,27+,28+,29+,30-,31-,32+,33+,34-,35-,36-,37-,38-/m0/s1. The van der Waals surface area contributed by atoms with E-state index in [9.17, 15) is 96.7 Å². The lowest BCUT2D eigenvalue weighted by molar-refractivity contribution is -0.404. The Balaban J connectivity index is 1.35. The largest absolute Gasteiger partial charge is 0.394 e. The molecule has 0 radical (unpaired) electrons. The molecule has 31 heteroatoms. The third kappa shape index (κ3) is 11.8. The highest BCUT2D eigenvalue weighted by Gasteiger charge is 2.59. The molecule has 30 atom stereocenters. The number of hydrogen-bond donors (Lipinski definition) is 19. The molecule has 0 aliphatic carbocycles. The van der Waals surface area contributed by atoms with Gasteiger partial charge in [-0.15, -0.1) is 0 Å². The summed E-state index contributed by atoms with van der Waals surface area (Å²) in [4.78, 5) is 12.9. The number of aliphatic hydroxyl groups excluding tert-OH is 18. The first-order chi connectivity index (χ1) is 32.6. The van der Waals surface area contributed by atoms with E-state index in [0.29, 0.717) is 0 Å². The van der Waals surface area contributed by atoms with Gasteiger partial charge >= 0.3 is 0 Å². The van der Waals surface area contributed by atoms with Gasteiger partial charge < -0.3 is 149 Å². The molecule has 69 heavy (non-hydrogen) atoms. The van der Waals surface area contributed by atoms with Crippen LogP contribution in [0.2, 0.25) is 0 Å². The highest BCUT2D eigenvalue weighted by Crippen LogP contribution is 2.38. The van der Waals surface area contributed by atoms with E-state index in [-0.39, 0.29) is 0 Å². The highest BCUT2D eigenvalue weighted by atomic mass is 16.8. The van der Waals surface area contributed by atoms with Gasteiger partial charge in [0.2, 0.25) is 5.91 Å². The summed E-state index contributed by atoms with van der Waals surface area (Å²) in [6.07, 6.45) is -55.6. The number of amides is 1. The fourth-order valence-electron chi connectivity index (χ4n) is 8.83. The minimum absolute atomic E-state index is 0.893. The third-order valence-electron chi connectivity index (χ3n) is 12.8. The van der Waals surface area contributed by atoms with Gasteiger partial charge in [-0.2, -0.15) is 0 Å². The molecule has 6 fully saturated rings. The molecule has 6 aliphatic heterocycles. The van der Waals surface area contributed by atoms with Crippen molar-refractivity contribution in [2.75, 3.05) is 33.0 Å². The lowest BCUT2D eigenvalue weighted by atomic mass is 9.94. The lowest BCUT2D eigenvalue weighted by Crippen LogP contribution is -2.71. The molecular weight excluding hydrogens is 950 g/mol. The minimum atomic E-state index is -2.18. The van der Waals surface area contributed by atoms with Crippen LogP contribution >= 0.6 is 0 Å². The number of rotatable bonds is 16. The van der Waals surface area contributed by atoms with Gasteiger partial charge in [0.1, 0.15) is 140 Å². The van der Waals surface area contributed by atoms with Gasteiger partial charge in [0.25, 0.3) is 0 Å². The summed E-state index contributed by atoms with van der Waals surface area (Å²) < 4.78 is 63.3. The van der Waals surface area contributed by atoms with Gasteiger partial charge in [0.15, 0.2) is 37.7 Å². The quantitative estimate of drug-likeness (QED) is 0.0682. The fourth-order valence-corrected chi connectivity index (χ4v) is 8.83. The van der Waals surface area contributed by atoms with Crippen molar-refractivity contribution in [2.45, 2.75) is 198 Å². The molecule has 0 aromatic carbocycles. The van der Waals surface area contributed by atoms with Gasteiger partial charge in [-0.05, 0) is 6.92 Å². The summed E-state index contributed by atoms with van der Waals surface area (Å²) in [5.74, 6) is -0.893. The van der Waals surface area contributed by atoms with Crippen molar-refractivity contribution in [3.05, 3.63) is 0 Å². The van der Waals surface area contributed by atoms with Gasteiger partial charge in [0, 0.05) is 6.92 Å². The van der Waals surface area contributed by atoms with Crippen molar-refractivity contribution in [1.82, 2.24) is 5.32 Å². The lowest BCUT2D eigenvalue weighted by Gasteiger charge is -2.51. The molecular formula is C38H65NO30. The van der Waals surface area contributed by atoms with Crippen LogP contribution in [0.25, 0.3) is 0 Å². The maximum Gasteiger partial charge on any atom is 0.217 e. The first-order valence-corrected chi connectivity index (χ1v) is 22.0. The Morgan fingerprint density at radius 1 is 0.377 bits per heavy atom. The van der Waals surface area contributed by atoms with Crippen molar-refractivity contribution in [2.24, 2.45) is 0 Å². The molecule has 0 bridgehead atoms. The zero-order chi connectivity index (χ0) is 50.9. The Morgan fingerprint density at radius 2 is 0.783 bits per heavy atom. The molecule has 6 aliphatic rings. The highest BCUT2D eigenvalue weighted by molar-refractivity contribution is 5.73. The second-order valence-electron chi connectivity index (χ2n) is 17.5. The van der Waals surface area contributed by atoms with Crippen LogP contribution in [0.5, 0.6) is 0 Å². The molecule has 0 aromatic rings. The zero-order valence-electron chi connectivity index (χ0n) is 36.8. The number of aliphatic hydroxyl groups is 18. The molecule has 31 nitrogen and oxygen atoms in total. The summed E-state index contributed by atoms with van der Waals surface area (Å²) in [5.41, 5.74) is 0. The number of carbonyl (C=O) groups is 1. The molecule has 1 amide bonds. The van der Waals surface area contributed by atoms with Crippen LogP contribution in [0.4, 0.5) is 0 Å². The van der Waals surface area contributed by atoms with Crippen molar-refractivity contribution in [1.29, 1.82) is 0 Å². The summed E-state index contributed by atoms with van der Waals surface area (Å²) in [5, 5.41) is 194. The number of ether oxygens (including phenoxy) is 11. The van der Waals surface area contributed by atoms with Crippen LogP contribution < -0.4 is 5.32 Å². The first kappa shape index (κ1) is 56.6. The summed E-state index contributed by atoms with van der Waals surface area (Å²) in [6.45, 7) is -2.68. The molecule has 0 spiro atoms. The fraction of sp³-hybridized carbons (Fsp3) is 0.974. The first-order valence-electron chi connectivity index (χ1n) is 22.0. The van der Waals surface area contributed by atoms with Gasteiger partial charge in [-0.3, -0.25) is 4.79 Å². The maximum absolute atomic E-state index is 12.9. The van der Waals surface area contributed by atoms with E-state index in [1.807, 2.05) is 0 Å². The number of carbonyl (C=O) groups excluding carboxylic acids is 1.